The summed E-state index contributed by atoms with van der Waals surface area (Å²) in [6.45, 7) is 0.568. The van der Waals surface area contributed by atoms with Crippen molar-refractivity contribution >= 4 is 17.8 Å². The van der Waals surface area contributed by atoms with E-state index in [1.54, 1.807) is 16.8 Å². The van der Waals surface area contributed by atoms with E-state index in [4.69, 9.17) is 5.73 Å². The van der Waals surface area contributed by atoms with Crippen LogP contribution in [0.5, 0.6) is 0 Å². The Balaban J connectivity index is 2.10. The molecule has 2 rings (SSSR count). The molecule has 0 spiro atoms. The molecule has 1 aromatic heterocycles. The Morgan fingerprint density at radius 1 is 1.39 bits per heavy atom. The molecule has 0 bridgehead atoms. The lowest BCUT2D eigenvalue weighted by atomic mass is 10.1. The van der Waals surface area contributed by atoms with E-state index in [2.05, 4.69) is 21.9 Å². The molecule has 0 aliphatic heterocycles. The van der Waals surface area contributed by atoms with E-state index in [-0.39, 0.29) is 12.6 Å². The van der Waals surface area contributed by atoms with Crippen LogP contribution in [0.2, 0.25) is 0 Å². The van der Waals surface area contributed by atoms with Crippen LogP contribution in [0.25, 0.3) is 0 Å². The van der Waals surface area contributed by atoms with Gasteiger partial charge in [0.05, 0.1) is 17.2 Å². The highest BCUT2D eigenvalue weighted by atomic mass is 32.1. The quantitative estimate of drug-likeness (QED) is 0.808. The molecule has 0 saturated heterocycles. The van der Waals surface area contributed by atoms with Crippen molar-refractivity contribution in [2.45, 2.75) is 12.5 Å². The average molecular weight is 262 g/mol. The van der Waals surface area contributed by atoms with Crippen LogP contribution in [0.3, 0.4) is 0 Å². The predicted octanol–water partition coefficient (Wildman–Crippen LogP) is 1.91. The topological polar surface area (TPSA) is 65.2 Å². The van der Waals surface area contributed by atoms with Gasteiger partial charge in [0.2, 0.25) is 0 Å². The smallest absolute Gasteiger partial charge is 0.293 e. The van der Waals surface area contributed by atoms with E-state index >= 15 is 0 Å². The fraction of sp³-hybridized carbons (Fsp3) is 0.231. The van der Waals surface area contributed by atoms with Crippen LogP contribution < -0.4 is 5.73 Å². The van der Waals surface area contributed by atoms with Crippen molar-refractivity contribution in [2.24, 2.45) is 5.73 Å². The van der Waals surface area contributed by atoms with Gasteiger partial charge in [-0.2, -0.15) is 0 Å². The summed E-state index contributed by atoms with van der Waals surface area (Å²) < 4.78 is 4.68. The Kier molecular flexibility index (Phi) is 4.44. The Labute approximate surface area is 109 Å². The van der Waals surface area contributed by atoms with Gasteiger partial charge in [-0.15, -0.1) is 11.3 Å². The van der Waals surface area contributed by atoms with Crippen LogP contribution in [0.1, 0.15) is 22.2 Å². The lowest BCUT2D eigenvalue weighted by Gasteiger charge is -2.10. The zero-order valence-corrected chi connectivity index (χ0v) is 10.6. The summed E-state index contributed by atoms with van der Waals surface area (Å²) in [7, 11) is 0. The van der Waals surface area contributed by atoms with Crippen LogP contribution in [0.4, 0.5) is 0 Å². The highest BCUT2D eigenvalue weighted by molar-refractivity contribution is 7.09. The van der Waals surface area contributed by atoms with Crippen LogP contribution >= 0.6 is 11.3 Å². The summed E-state index contributed by atoms with van der Waals surface area (Å²) in [6.07, 6.45) is 0.801. The highest BCUT2D eigenvalue weighted by Gasteiger charge is 2.15. The summed E-state index contributed by atoms with van der Waals surface area (Å²) >= 11 is 1.57. The first-order chi connectivity index (χ1) is 8.81. The SMILES string of the molecule is NC(COC=O)c1ncsc1Cc1ccccc1. The number of ether oxygens (including phenoxy) is 1. The lowest BCUT2D eigenvalue weighted by molar-refractivity contribution is -0.129. The van der Waals surface area contributed by atoms with E-state index in [1.165, 1.54) is 5.56 Å². The zero-order chi connectivity index (χ0) is 12.8. The summed E-state index contributed by atoms with van der Waals surface area (Å²) in [5.74, 6) is 0. The number of carbonyl (C=O) groups excluding carboxylic acids is 1. The second kappa shape index (κ2) is 6.28. The van der Waals surface area contributed by atoms with Gasteiger partial charge in [-0.25, -0.2) is 4.98 Å². The third-order valence-electron chi connectivity index (χ3n) is 2.57. The monoisotopic (exact) mass is 262 g/mol. The van der Waals surface area contributed by atoms with Gasteiger partial charge in [0, 0.05) is 11.3 Å². The molecule has 1 atom stereocenters. The molecule has 0 saturated carbocycles. The minimum Gasteiger partial charge on any atom is -0.466 e. The number of thiazole rings is 1. The van der Waals surface area contributed by atoms with Crippen molar-refractivity contribution in [2.75, 3.05) is 6.61 Å². The van der Waals surface area contributed by atoms with Gasteiger partial charge in [-0.1, -0.05) is 30.3 Å². The van der Waals surface area contributed by atoms with Crippen molar-refractivity contribution in [3.8, 4) is 0 Å². The molecule has 18 heavy (non-hydrogen) atoms. The Bertz CT molecular complexity index is 499. The number of nitrogens with two attached hydrogens (primary N) is 1. The number of benzene rings is 1. The second-order valence-corrected chi connectivity index (χ2v) is 4.80. The molecular weight excluding hydrogens is 248 g/mol. The molecular formula is C13H14N2O2S. The second-order valence-electron chi connectivity index (χ2n) is 3.86. The minimum absolute atomic E-state index is 0.162. The minimum atomic E-state index is -0.361. The van der Waals surface area contributed by atoms with Crippen LogP contribution in [0.15, 0.2) is 35.8 Å². The molecule has 5 heteroatoms. The molecule has 0 aliphatic carbocycles. The molecule has 0 fully saturated rings. The van der Waals surface area contributed by atoms with Gasteiger partial charge in [0.25, 0.3) is 6.47 Å². The van der Waals surface area contributed by atoms with E-state index < -0.39 is 0 Å². The maximum Gasteiger partial charge on any atom is 0.293 e. The molecule has 94 valence electrons. The summed E-state index contributed by atoms with van der Waals surface area (Å²) in [5.41, 5.74) is 9.74. The standard InChI is InChI=1S/C13H14N2O2S/c14-11(7-17-9-16)13-12(18-8-15-13)6-10-4-2-1-3-5-10/h1-5,8-9,11H,6-7,14H2. The first-order valence-corrected chi connectivity index (χ1v) is 6.46. The maximum atomic E-state index is 10.2. The normalized spacial score (nSPS) is 12.1. The van der Waals surface area contributed by atoms with Gasteiger partial charge in [0.1, 0.15) is 6.61 Å². The van der Waals surface area contributed by atoms with E-state index in [0.717, 1.165) is 17.0 Å². The van der Waals surface area contributed by atoms with Crippen LogP contribution in [-0.4, -0.2) is 18.1 Å². The summed E-state index contributed by atoms with van der Waals surface area (Å²) in [4.78, 5) is 15.5. The molecule has 0 radical (unpaired) electrons. The molecule has 2 N–H and O–H groups in total. The molecule has 0 amide bonds. The van der Waals surface area contributed by atoms with E-state index in [9.17, 15) is 4.79 Å². The maximum absolute atomic E-state index is 10.2. The van der Waals surface area contributed by atoms with Crippen LogP contribution in [-0.2, 0) is 16.0 Å². The lowest BCUT2D eigenvalue weighted by Crippen LogP contribution is -2.18. The van der Waals surface area contributed by atoms with E-state index in [1.807, 2.05) is 18.2 Å². The van der Waals surface area contributed by atoms with Crippen molar-refractivity contribution in [3.63, 3.8) is 0 Å². The Morgan fingerprint density at radius 2 is 2.17 bits per heavy atom. The molecule has 1 unspecified atom stereocenters. The van der Waals surface area contributed by atoms with Gasteiger partial charge in [0.15, 0.2) is 0 Å². The number of hydrogen-bond donors (Lipinski definition) is 1. The fourth-order valence-corrected chi connectivity index (χ4v) is 2.59. The predicted molar refractivity (Wildman–Crippen MR) is 70.3 cm³/mol. The average Bonchev–Trinajstić information content (AvgIpc) is 2.85. The number of hydrogen-bond acceptors (Lipinski definition) is 5. The largest absolute Gasteiger partial charge is 0.466 e. The Morgan fingerprint density at radius 3 is 2.89 bits per heavy atom. The van der Waals surface area contributed by atoms with Crippen molar-refractivity contribution < 1.29 is 9.53 Å². The third-order valence-corrected chi connectivity index (χ3v) is 3.42. The van der Waals surface area contributed by atoms with Gasteiger partial charge in [-0.05, 0) is 5.56 Å². The number of carbonyl (C=O) groups is 1. The molecule has 1 aromatic carbocycles. The molecule has 0 aliphatic rings. The first kappa shape index (κ1) is 12.7. The third kappa shape index (κ3) is 3.15. The number of aromatic nitrogens is 1. The summed E-state index contributed by atoms with van der Waals surface area (Å²) in [6, 6.07) is 9.77. The van der Waals surface area contributed by atoms with E-state index in [0.29, 0.717) is 6.47 Å². The highest BCUT2D eigenvalue weighted by Crippen LogP contribution is 2.22. The molecule has 2 aromatic rings. The van der Waals surface area contributed by atoms with Crippen LogP contribution in [0, 0.1) is 0 Å². The van der Waals surface area contributed by atoms with Gasteiger partial charge < -0.3 is 10.5 Å². The summed E-state index contributed by atoms with van der Waals surface area (Å²) in [5, 5.41) is 0. The van der Waals surface area contributed by atoms with Crippen molar-refractivity contribution in [1.82, 2.24) is 4.98 Å². The van der Waals surface area contributed by atoms with Crippen molar-refractivity contribution in [1.29, 1.82) is 0 Å². The van der Waals surface area contributed by atoms with Gasteiger partial charge in [-0.3, -0.25) is 4.79 Å². The van der Waals surface area contributed by atoms with Gasteiger partial charge >= 0.3 is 0 Å². The molecule has 1 heterocycles. The van der Waals surface area contributed by atoms with Crippen molar-refractivity contribution in [3.05, 3.63) is 52.0 Å². The zero-order valence-electron chi connectivity index (χ0n) is 9.78. The number of nitrogens with zero attached hydrogens (tertiary/aromatic N) is 1. The Hall–Kier alpha value is -1.72. The first-order valence-electron chi connectivity index (χ1n) is 5.58. The number of rotatable bonds is 6. The fourth-order valence-electron chi connectivity index (χ4n) is 1.72. The molecule has 4 nitrogen and oxygen atoms in total.